The van der Waals surface area contributed by atoms with Gasteiger partial charge in [0, 0.05) is 12.1 Å². The van der Waals surface area contributed by atoms with Crippen LogP contribution in [0.3, 0.4) is 0 Å². The zero-order valence-corrected chi connectivity index (χ0v) is 12.9. The maximum atomic E-state index is 14.5. The van der Waals surface area contributed by atoms with Gasteiger partial charge < -0.3 is 14.8 Å². The van der Waals surface area contributed by atoms with Crippen molar-refractivity contribution in [3.8, 4) is 16.9 Å². The highest BCUT2D eigenvalue weighted by Gasteiger charge is 2.18. The lowest BCUT2D eigenvalue weighted by atomic mass is 9.99. The summed E-state index contributed by atoms with van der Waals surface area (Å²) >= 11 is 0. The van der Waals surface area contributed by atoms with Gasteiger partial charge in [-0.2, -0.15) is 0 Å². The third kappa shape index (κ3) is 3.51. The molecule has 1 N–H and O–H groups in total. The van der Waals surface area contributed by atoms with Crippen LogP contribution in [0.2, 0.25) is 0 Å². The van der Waals surface area contributed by atoms with E-state index in [4.69, 9.17) is 9.47 Å². The quantitative estimate of drug-likeness (QED) is 0.915. The maximum absolute atomic E-state index is 14.5. The molecule has 1 fully saturated rings. The van der Waals surface area contributed by atoms with E-state index in [1.165, 1.54) is 19.2 Å². The Morgan fingerprint density at radius 3 is 2.78 bits per heavy atom. The second-order valence-electron chi connectivity index (χ2n) is 5.55. The molecule has 1 heterocycles. The van der Waals surface area contributed by atoms with E-state index < -0.39 is 5.82 Å². The van der Waals surface area contributed by atoms with Crippen LogP contribution in [0, 0.1) is 11.6 Å². The molecule has 0 saturated carbocycles. The summed E-state index contributed by atoms with van der Waals surface area (Å²) in [5.41, 5.74) is 1.63. The minimum atomic E-state index is -0.453. The number of hydrogen-bond acceptors (Lipinski definition) is 3. The lowest BCUT2D eigenvalue weighted by Crippen LogP contribution is -2.16. The highest BCUT2D eigenvalue weighted by Crippen LogP contribution is 2.32. The van der Waals surface area contributed by atoms with Crippen LogP contribution < -0.4 is 10.1 Å². The normalized spacial score (nSPS) is 17.4. The fourth-order valence-electron chi connectivity index (χ4n) is 2.80. The van der Waals surface area contributed by atoms with Crippen LogP contribution in [-0.2, 0) is 11.3 Å². The zero-order chi connectivity index (χ0) is 16.2. The van der Waals surface area contributed by atoms with Crippen molar-refractivity contribution in [2.75, 3.05) is 20.2 Å². The van der Waals surface area contributed by atoms with E-state index in [1.54, 1.807) is 24.3 Å². The molecule has 0 aromatic heterocycles. The number of benzene rings is 2. The van der Waals surface area contributed by atoms with Crippen LogP contribution in [0.25, 0.3) is 11.1 Å². The number of ether oxygens (including phenoxy) is 2. The molecule has 5 heteroatoms. The summed E-state index contributed by atoms with van der Waals surface area (Å²) in [5.74, 6) is -0.649. The SMILES string of the molecule is COc1cccc(-c2ccc(F)cc2COC2CCNC2)c1F. The summed E-state index contributed by atoms with van der Waals surface area (Å²) in [6, 6.07) is 9.24. The molecule has 3 nitrogen and oxygen atoms in total. The first-order valence-electron chi connectivity index (χ1n) is 7.62. The summed E-state index contributed by atoms with van der Waals surface area (Å²) in [6.45, 7) is 1.96. The minimum absolute atomic E-state index is 0.112. The average Bonchev–Trinajstić information content (AvgIpc) is 3.07. The summed E-state index contributed by atoms with van der Waals surface area (Å²) in [4.78, 5) is 0. The van der Waals surface area contributed by atoms with Crippen molar-refractivity contribution in [3.05, 3.63) is 53.6 Å². The highest BCUT2D eigenvalue weighted by atomic mass is 19.1. The molecule has 0 bridgehead atoms. The molecule has 122 valence electrons. The number of hydrogen-bond donors (Lipinski definition) is 1. The molecule has 2 aromatic carbocycles. The van der Waals surface area contributed by atoms with Gasteiger partial charge in [0.25, 0.3) is 0 Å². The second-order valence-corrected chi connectivity index (χ2v) is 5.55. The minimum Gasteiger partial charge on any atom is -0.494 e. The summed E-state index contributed by atoms with van der Waals surface area (Å²) in [5, 5.41) is 3.21. The maximum Gasteiger partial charge on any atom is 0.172 e. The van der Waals surface area contributed by atoms with Gasteiger partial charge in [-0.05, 0) is 42.3 Å². The first kappa shape index (κ1) is 15.9. The van der Waals surface area contributed by atoms with Gasteiger partial charge >= 0.3 is 0 Å². The zero-order valence-electron chi connectivity index (χ0n) is 12.9. The van der Waals surface area contributed by atoms with E-state index in [0.29, 0.717) is 16.7 Å². The number of halogens is 2. The third-order valence-electron chi connectivity index (χ3n) is 4.03. The van der Waals surface area contributed by atoms with Crippen molar-refractivity contribution in [2.45, 2.75) is 19.1 Å². The summed E-state index contributed by atoms with van der Waals surface area (Å²) in [7, 11) is 1.42. The molecule has 0 radical (unpaired) electrons. The number of rotatable bonds is 5. The Morgan fingerprint density at radius 1 is 1.17 bits per heavy atom. The molecule has 1 unspecified atom stereocenters. The van der Waals surface area contributed by atoms with Crippen LogP contribution in [-0.4, -0.2) is 26.3 Å². The average molecular weight is 319 g/mol. The van der Waals surface area contributed by atoms with E-state index in [9.17, 15) is 8.78 Å². The molecule has 1 saturated heterocycles. The van der Waals surface area contributed by atoms with Gasteiger partial charge in [0.1, 0.15) is 5.82 Å². The largest absolute Gasteiger partial charge is 0.494 e. The van der Waals surface area contributed by atoms with E-state index in [1.807, 2.05) is 0 Å². The highest BCUT2D eigenvalue weighted by molar-refractivity contribution is 5.69. The Hall–Kier alpha value is -1.98. The third-order valence-corrected chi connectivity index (χ3v) is 4.03. The molecular weight excluding hydrogens is 300 g/mol. The number of methoxy groups -OCH3 is 1. The standard InChI is InChI=1S/C18H19F2NO2/c1-22-17-4-2-3-16(18(17)20)15-6-5-13(19)9-12(15)11-23-14-7-8-21-10-14/h2-6,9,14,21H,7-8,10-11H2,1H3. The lowest BCUT2D eigenvalue weighted by Gasteiger charge is -2.15. The Bertz CT molecular complexity index is 685. The molecule has 1 aliphatic heterocycles. The van der Waals surface area contributed by atoms with Gasteiger partial charge in [0.15, 0.2) is 11.6 Å². The first-order valence-corrected chi connectivity index (χ1v) is 7.62. The Kier molecular flexibility index (Phi) is 4.88. The number of nitrogens with one attached hydrogen (secondary N) is 1. The molecule has 23 heavy (non-hydrogen) atoms. The molecule has 0 amide bonds. The van der Waals surface area contributed by atoms with Gasteiger partial charge in [0.05, 0.1) is 19.8 Å². The van der Waals surface area contributed by atoms with Gasteiger partial charge in [-0.15, -0.1) is 0 Å². The fourth-order valence-corrected chi connectivity index (χ4v) is 2.80. The Balaban J connectivity index is 1.92. The predicted molar refractivity (Wildman–Crippen MR) is 84.4 cm³/mol. The van der Waals surface area contributed by atoms with Crippen molar-refractivity contribution in [3.63, 3.8) is 0 Å². The molecule has 0 spiro atoms. The summed E-state index contributed by atoms with van der Waals surface area (Å²) < 4.78 is 39.0. The van der Waals surface area contributed by atoms with E-state index in [2.05, 4.69) is 5.32 Å². The topological polar surface area (TPSA) is 30.5 Å². The van der Waals surface area contributed by atoms with Crippen molar-refractivity contribution in [2.24, 2.45) is 0 Å². The van der Waals surface area contributed by atoms with Crippen LogP contribution in [0.1, 0.15) is 12.0 Å². The van der Waals surface area contributed by atoms with E-state index in [0.717, 1.165) is 19.5 Å². The fraction of sp³-hybridized carbons (Fsp3) is 0.333. The molecule has 1 atom stereocenters. The predicted octanol–water partition coefficient (Wildman–Crippen LogP) is 3.52. The van der Waals surface area contributed by atoms with E-state index >= 15 is 0 Å². The Morgan fingerprint density at radius 2 is 2.04 bits per heavy atom. The Labute approximate surface area is 134 Å². The van der Waals surface area contributed by atoms with Crippen molar-refractivity contribution >= 4 is 0 Å². The smallest absolute Gasteiger partial charge is 0.172 e. The molecule has 0 aliphatic carbocycles. The first-order chi connectivity index (χ1) is 11.2. The van der Waals surface area contributed by atoms with Crippen molar-refractivity contribution in [1.82, 2.24) is 5.32 Å². The van der Waals surface area contributed by atoms with Crippen LogP contribution in [0.15, 0.2) is 36.4 Å². The van der Waals surface area contributed by atoms with Gasteiger partial charge in [-0.25, -0.2) is 8.78 Å². The van der Waals surface area contributed by atoms with Crippen molar-refractivity contribution in [1.29, 1.82) is 0 Å². The second kappa shape index (κ2) is 7.06. The van der Waals surface area contributed by atoms with Crippen LogP contribution in [0.4, 0.5) is 8.78 Å². The molecule has 3 rings (SSSR count). The van der Waals surface area contributed by atoms with Crippen molar-refractivity contribution < 1.29 is 18.3 Å². The van der Waals surface area contributed by atoms with Gasteiger partial charge in [0.2, 0.25) is 0 Å². The van der Waals surface area contributed by atoms with E-state index in [-0.39, 0.29) is 24.3 Å². The molecule has 1 aliphatic rings. The summed E-state index contributed by atoms with van der Waals surface area (Å²) in [6.07, 6.45) is 1.04. The van der Waals surface area contributed by atoms with Gasteiger partial charge in [-0.3, -0.25) is 0 Å². The molecule has 2 aromatic rings. The van der Waals surface area contributed by atoms with Gasteiger partial charge in [-0.1, -0.05) is 18.2 Å². The lowest BCUT2D eigenvalue weighted by molar-refractivity contribution is 0.0543. The monoisotopic (exact) mass is 319 g/mol. The van der Waals surface area contributed by atoms with Crippen LogP contribution >= 0.6 is 0 Å². The molecular formula is C18H19F2NO2. The van der Waals surface area contributed by atoms with Crippen LogP contribution in [0.5, 0.6) is 5.75 Å².